The van der Waals surface area contributed by atoms with Crippen molar-refractivity contribution in [3.8, 4) is 17.6 Å². The maximum Gasteiger partial charge on any atom is 0.269 e. The Kier molecular flexibility index (Phi) is 6.85. The maximum atomic E-state index is 10.8. The Morgan fingerprint density at radius 2 is 1.71 bits per heavy atom. The lowest BCUT2D eigenvalue weighted by Gasteiger charge is -2.13. The normalized spacial score (nSPS) is 11.1. The molecule has 0 spiro atoms. The third-order valence-corrected chi connectivity index (χ3v) is 5.30. The predicted octanol–water partition coefficient (Wildman–Crippen LogP) is 6.79. The molecule has 4 rings (SSSR count). The van der Waals surface area contributed by atoms with Gasteiger partial charge in [-0.15, -0.1) is 0 Å². The van der Waals surface area contributed by atoms with E-state index in [4.69, 9.17) is 9.47 Å². The van der Waals surface area contributed by atoms with Gasteiger partial charge in [0.15, 0.2) is 11.5 Å². The quantitative estimate of drug-likeness (QED) is 0.128. The van der Waals surface area contributed by atoms with Crippen LogP contribution in [0.5, 0.6) is 11.5 Å². The van der Waals surface area contributed by atoms with Gasteiger partial charge in [-0.1, -0.05) is 42.5 Å². The minimum Gasteiger partial charge on any atom is -0.490 e. The number of non-ortho nitro benzene ring substituents is 1. The summed E-state index contributed by atoms with van der Waals surface area (Å²) in [5, 5.41) is 22.8. The molecule has 0 unspecified atom stereocenters. The number of nitriles is 1. The Hall–Kier alpha value is -4.63. The first kappa shape index (κ1) is 22.6. The molecule has 0 atom stereocenters. The van der Waals surface area contributed by atoms with Crippen LogP contribution >= 0.6 is 0 Å². The fraction of sp³-hybridized carbons (Fsp3) is 0.107. The van der Waals surface area contributed by atoms with Crippen molar-refractivity contribution in [3.63, 3.8) is 0 Å². The predicted molar refractivity (Wildman–Crippen MR) is 132 cm³/mol. The van der Waals surface area contributed by atoms with Crippen LogP contribution in [0.3, 0.4) is 0 Å². The van der Waals surface area contributed by atoms with E-state index in [1.54, 1.807) is 18.2 Å². The van der Waals surface area contributed by atoms with Crippen LogP contribution in [-0.4, -0.2) is 11.5 Å². The van der Waals surface area contributed by atoms with E-state index in [1.165, 1.54) is 12.1 Å². The zero-order valence-corrected chi connectivity index (χ0v) is 18.6. The van der Waals surface area contributed by atoms with Crippen molar-refractivity contribution >= 4 is 28.1 Å². The number of nitrogens with zero attached hydrogens (tertiary/aromatic N) is 2. The van der Waals surface area contributed by atoms with Crippen LogP contribution in [0.4, 0.5) is 5.69 Å². The van der Waals surface area contributed by atoms with Gasteiger partial charge in [-0.05, 0) is 70.8 Å². The van der Waals surface area contributed by atoms with Crippen LogP contribution in [0.2, 0.25) is 0 Å². The summed E-state index contributed by atoms with van der Waals surface area (Å²) < 4.78 is 11.7. The smallest absolute Gasteiger partial charge is 0.269 e. The highest BCUT2D eigenvalue weighted by molar-refractivity contribution is 5.94. The summed E-state index contributed by atoms with van der Waals surface area (Å²) in [5.41, 5.74) is 3.05. The van der Waals surface area contributed by atoms with Crippen molar-refractivity contribution in [1.29, 1.82) is 5.26 Å². The molecule has 34 heavy (non-hydrogen) atoms. The van der Waals surface area contributed by atoms with Crippen LogP contribution < -0.4 is 9.47 Å². The summed E-state index contributed by atoms with van der Waals surface area (Å²) in [6.07, 6.45) is 1.83. The third kappa shape index (κ3) is 5.22. The summed E-state index contributed by atoms with van der Waals surface area (Å²) in [6, 6.07) is 28.0. The molecule has 0 radical (unpaired) electrons. The molecule has 0 heterocycles. The van der Waals surface area contributed by atoms with Gasteiger partial charge in [-0.3, -0.25) is 10.1 Å². The van der Waals surface area contributed by atoms with Crippen LogP contribution in [0.1, 0.15) is 23.6 Å². The Labute approximate surface area is 197 Å². The molecule has 0 saturated carbocycles. The van der Waals surface area contributed by atoms with Crippen molar-refractivity contribution in [2.45, 2.75) is 13.5 Å². The number of hydrogen-bond acceptors (Lipinski definition) is 5. The van der Waals surface area contributed by atoms with Gasteiger partial charge in [0, 0.05) is 12.1 Å². The van der Waals surface area contributed by atoms with Crippen LogP contribution in [0.15, 0.2) is 84.9 Å². The topological polar surface area (TPSA) is 85.4 Å². The maximum absolute atomic E-state index is 10.8. The summed E-state index contributed by atoms with van der Waals surface area (Å²) in [4.78, 5) is 10.4. The Balaban J connectivity index is 1.57. The van der Waals surface area contributed by atoms with Crippen molar-refractivity contribution in [2.24, 2.45) is 0 Å². The van der Waals surface area contributed by atoms with Crippen molar-refractivity contribution in [1.82, 2.24) is 0 Å². The van der Waals surface area contributed by atoms with Gasteiger partial charge in [0.2, 0.25) is 0 Å². The molecule has 168 valence electrons. The largest absolute Gasteiger partial charge is 0.490 e. The van der Waals surface area contributed by atoms with Crippen molar-refractivity contribution < 1.29 is 14.4 Å². The van der Waals surface area contributed by atoms with Crippen molar-refractivity contribution in [2.75, 3.05) is 6.61 Å². The fourth-order valence-corrected chi connectivity index (χ4v) is 3.58. The molecular weight excluding hydrogens is 428 g/mol. The molecule has 4 aromatic rings. The molecule has 0 aliphatic carbocycles. The standard InChI is InChI=1S/C28H22N2O4/c1-2-33-28-16-21(9-14-27(28)34-19-20-7-12-26(13-8-20)30(31)32)15-25(18-29)24-11-10-22-5-3-4-6-23(22)17-24/h3-17H,2,19H2,1H3/b25-15-. The van der Waals surface area contributed by atoms with E-state index in [1.807, 2.05) is 67.6 Å². The SMILES string of the molecule is CCOc1cc(/C=C(/C#N)c2ccc3ccccc3c2)ccc1OCc1ccc([N+](=O)[O-])cc1. The van der Waals surface area contributed by atoms with E-state index in [-0.39, 0.29) is 12.3 Å². The second kappa shape index (κ2) is 10.3. The third-order valence-electron chi connectivity index (χ3n) is 5.30. The van der Waals surface area contributed by atoms with Gasteiger partial charge < -0.3 is 9.47 Å². The summed E-state index contributed by atoms with van der Waals surface area (Å²) >= 11 is 0. The molecule has 4 aromatic carbocycles. The molecular formula is C28H22N2O4. The minimum absolute atomic E-state index is 0.0367. The van der Waals surface area contributed by atoms with Gasteiger partial charge in [0.05, 0.1) is 23.2 Å². The number of fused-ring (bicyclic) bond motifs is 1. The van der Waals surface area contributed by atoms with Crippen LogP contribution in [0, 0.1) is 21.4 Å². The molecule has 0 bridgehead atoms. The van der Waals surface area contributed by atoms with E-state index < -0.39 is 4.92 Å². The Morgan fingerprint density at radius 3 is 2.41 bits per heavy atom. The number of ether oxygens (including phenoxy) is 2. The second-order valence-corrected chi connectivity index (χ2v) is 7.58. The first-order valence-corrected chi connectivity index (χ1v) is 10.8. The molecule has 6 nitrogen and oxygen atoms in total. The molecule has 0 N–H and O–H groups in total. The summed E-state index contributed by atoms with van der Waals surface area (Å²) in [7, 11) is 0. The van der Waals surface area contributed by atoms with Gasteiger partial charge in [0.25, 0.3) is 5.69 Å². The van der Waals surface area contributed by atoms with Gasteiger partial charge >= 0.3 is 0 Å². The van der Waals surface area contributed by atoms with Crippen molar-refractivity contribution in [3.05, 3.63) is 112 Å². The zero-order chi connectivity index (χ0) is 23.9. The second-order valence-electron chi connectivity index (χ2n) is 7.58. The number of nitro groups is 1. The lowest BCUT2D eigenvalue weighted by molar-refractivity contribution is -0.384. The lowest BCUT2D eigenvalue weighted by atomic mass is 10.00. The zero-order valence-electron chi connectivity index (χ0n) is 18.6. The van der Waals surface area contributed by atoms with E-state index in [9.17, 15) is 15.4 Å². The number of nitro benzene ring substituents is 1. The first-order chi connectivity index (χ1) is 16.6. The lowest BCUT2D eigenvalue weighted by Crippen LogP contribution is -2.00. The molecule has 0 saturated heterocycles. The number of rotatable bonds is 8. The summed E-state index contributed by atoms with van der Waals surface area (Å²) in [6.45, 7) is 2.59. The molecule has 0 aromatic heterocycles. The number of benzene rings is 4. The molecule has 0 amide bonds. The summed E-state index contributed by atoms with van der Waals surface area (Å²) in [5.74, 6) is 1.12. The Morgan fingerprint density at radius 1 is 0.941 bits per heavy atom. The number of allylic oxidation sites excluding steroid dienone is 1. The molecule has 0 fully saturated rings. The number of hydrogen-bond donors (Lipinski definition) is 0. The van der Waals surface area contributed by atoms with Gasteiger partial charge in [-0.2, -0.15) is 5.26 Å². The van der Waals surface area contributed by atoms with Crippen LogP contribution in [0.25, 0.3) is 22.4 Å². The highest BCUT2D eigenvalue weighted by Gasteiger charge is 2.10. The molecule has 0 aliphatic heterocycles. The van der Waals surface area contributed by atoms with Gasteiger partial charge in [0.1, 0.15) is 6.61 Å². The fourth-order valence-electron chi connectivity index (χ4n) is 3.58. The van der Waals surface area contributed by atoms with E-state index in [0.29, 0.717) is 23.7 Å². The van der Waals surface area contributed by atoms with E-state index in [0.717, 1.165) is 27.5 Å². The van der Waals surface area contributed by atoms with E-state index in [2.05, 4.69) is 6.07 Å². The highest BCUT2D eigenvalue weighted by Crippen LogP contribution is 2.31. The van der Waals surface area contributed by atoms with E-state index >= 15 is 0 Å². The Bertz CT molecular complexity index is 1400. The van der Waals surface area contributed by atoms with Crippen LogP contribution in [-0.2, 0) is 6.61 Å². The minimum atomic E-state index is -0.433. The van der Waals surface area contributed by atoms with Gasteiger partial charge in [-0.25, -0.2) is 0 Å². The highest BCUT2D eigenvalue weighted by atomic mass is 16.6. The molecule has 6 heteroatoms. The average Bonchev–Trinajstić information content (AvgIpc) is 2.87. The molecule has 0 aliphatic rings. The average molecular weight is 450 g/mol. The monoisotopic (exact) mass is 450 g/mol. The first-order valence-electron chi connectivity index (χ1n) is 10.8.